The average molecular weight is 409 g/mol. The van der Waals surface area contributed by atoms with Gasteiger partial charge in [0.1, 0.15) is 23.2 Å². The van der Waals surface area contributed by atoms with Crippen LogP contribution in [0.25, 0.3) is 0 Å². The van der Waals surface area contributed by atoms with Crippen LogP contribution in [0.2, 0.25) is 0 Å². The van der Waals surface area contributed by atoms with E-state index in [1.807, 2.05) is 43.0 Å². The third-order valence-electron chi connectivity index (χ3n) is 5.56. The van der Waals surface area contributed by atoms with Crippen LogP contribution in [0, 0.1) is 0 Å². The van der Waals surface area contributed by atoms with Crippen LogP contribution >= 0.6 is 0 Å². The number of hydrogen-bond donors (Lipinski definition) is 0. The highest BCUT2D eigenvalue weighted by molar-refractivity contribution is 5.92. The maximum Gasteiger partial charge on any atom is 0.272 e. The third kappa shape index (κ3) is 3.97. The van der Waals surface area contributed by atoms with Gasteiger partial charge in [-0.25, -0.2) is 4.98 Å². The first kappa shape index (κ1) is 20.2. The van der Waals surface area contributed by atoms with E-state index in [0.717, 1.165) is 36.3 Å². The van der Waals surface area contributed by atoms with Crippen molar-refractivity contribution < 1.29 is 13.9 Å². The predicted molar refractivity (Wildman–Crippen MR) is 113 cm³/mol. The number of benzene rings is 1. The standard InChI is InChI=1S/C23H28N4O3/c1-16(2)27-20(11-12-25-27)23(28)26-13-7-6-9-19(26)22-24-15-18(30-22)14-17-8-4-5-10-21(17)29-3/h4-5,8,10-12,15-16,19H,6-7,9,13-14H2,1-3H3/t19-/m1/s1. The van der Waals surface area contributed by atoms with E-state index >= 15 is 0 Å². The van der Waals surface area contributed by atoms with Crippen molar-refractivity contribution in [2.75, 3.05) is 13.7 Å². The van der Waals surface area contributed by atoms with Crippen molar-refractivity contribution in [3.05, 3.63) is 65.6 Å². The molecule has 0 radical (unpaired) electrons. The van der Waals surface area contributed by atoms with Crippen LogP contribution in [0.1, 0.15) is 72.9 Å². The largest absolute Gasteiger partial charge is 0.496 e. The summed E-state index contributed by atoms with van der Waals surface area (Å²) in [5, 5.41) is 4.31. The molecule has 7 heteroatoms. The summed E-state index contributed by atoms with van der Waals surface area (Å²) in [6.07, 6.45) is 6.91. The number of piperidine rings is 1. The molecule has 1 saturated heterocycles. The number of carbonyl (C=O) groups excluding carboxylic acids is 1. The summed E-state index contributed by atoms with van der Waals surface area (Å²) in [4.78, 5) is 19.8. The third-order valence-corrected chi connectivity index (χ3v) is 5.56. The fourth-order valence-corrected chi connectivity index (χ4v) is 4.07. The van der Waals surface area contributed by atoms with Gasteiger partial charge in [-0.2, -0.15) is 5.10 Å². The normalized spacial score (nSPS) is 16.8. The Balaban J connectivity index is 1.56. The summed E-state index contributed by atoms with van der Waals surface area (Å²) < 4.78 is 13.3. The number of amides is 1. The first-order valence-electron chi connectivity index (χ1n) is 10.5. The summed E-state index contributed by atoms with van der Waals surface area (Å²) in [5.74, 6) is 2.17. The zero-order valence-corrected chi connectivity index (χ0v) is 17.7. The van der Waals surface area contributed by atoms with E-state index in [2.05, 4.69) is 10.1 Å². The van der Waals surface area contributed by atoms with Crippen molar-refractivity contribution in [1.82, 2.24) is 19.7 Å². The number of aromatic nitrogens is 3. The molecular weight excluding hydrogens is 380 g/mol. The molecule has 1 aliphatic heterocycles. The van der Waals surface area contributed by atoms with E-state index in [1.54, 1.807) is 30.3 Å². The highest BCUT2D eigenvalue weighted by Crippen LogP contribution is 2.33. The number of methoxy groups -OCH3 is 1. The number of likely N-dealkylation sites (tertiary alicyclic amines) is 1. The molecule has 0 N–H and O–H groups in total. The van der Waals surface area contributed by atoms with Gasteiger partial charge in [0.15, 0.2) is 0 Å². The molecule has 7 nitrogen and oxygen atoms in total. The van der Waals surface area contributed by atoms with Gasteiger partial charge in [-0.3, -0.25) is 9.48 Å². The highest BCUT2D eigenvalue weighted by atomic mass is 16.5. The molecule has 0 unspecified atom stereocenters. The lowest BCUT2D eigenvalue weighted by molar-refractivity contribution is 0.0555. The molecule has 0 saturated carbocycles. The van der Waals surface area contributed by atoms with E-state index in [0.29, 0.717) is 24.6 Å². The van der Waals surface area contributed by atoms with Crippen LogP contribution in [0.4, 0.5) is 0 Å². The minimum atomic E-state index is -0.159. The van der Waals surface area contributed by atoms with Crippen LogP contribution in [-0.4, -0.2) is 39.2 Å². The lowest BCUT2D eigenvalue weighted by atomic mass is 10.0. The van der Waals surface area contributed by atoms with Gasteiger partial charge < -0.3 is 14.1 Å². The van der Waals surface area contributed by atoms with Crippen molar-refractivity contribution >= 4 is 5.91 Å². The molecule has 0 aliphatic carbocycles. The molecule has 158 valence electrons. The van der Waals surface area contributed by atoms with Gasteiger partial charge >= 0.3 is 0 Å². The van der Waals surface area contributed by atoms with Crippen LogP contribution in [-0.2, 0) is 6.42 Å². The van der Waals surface area contributed by atoms with E-state index in [1.165, 1.54) is 0 Å². The van der Waals surface area contributed by atoms with E-state index in [9.17, 15) is 4.79 Å². The number of carbonyl (C=O) groups is 1. The quantitative estimate of drug-likeness (QED) is 0.604. The summed E-state index contributed by atoms with van der Waals surface area (Å²) in [6.45, 7) is 4.74. The second kappa shape index (κ2) is 8.73. The van der Waals surface area contributed by atoms with Crippen LogP contribution < -0.4 is 4.74 Å². The number of oxazole rings is 1. The molecule has 3 heterocycles. The molecule has 30 heavy (non-hydrogen) atoms. The zero-order valence-electron chi connectivity index (χ0n) is 17.7. The molecule has 1 atom stereocenters. The summed E-state index contributed by atoms with van der Waals surface area (Å²) in [7, 11) is 1.66. The Labute approximate surface area is 176 Å². The molecule has 3 aromatic rings. The number of para-hydroxylation sites is 1. The number of ether oxygens (including phenoxy) is 1. The fourth-order valence-electron chi connectivity index (χ4n) is 4.07. The molecule has 4 rings (SSSR count). The Hall–Kier alpha value is -3.09. The van der Waals surface area contributed by atoms with Gasteiger partial charge in [0, 0.05) is 30.8 Å². The molecule has 1 amide bonds. The minimum Gasteiger partial charge on any atom is -0.496 e. The lowest BCUT2D eigenvalue weighted by Crippen LogP contribution is -2.39. The maximum absolute atomic E-state index is 13.3. The van der Waals surface area contributed by atoms with E-state index in [4.69, 9.17) is 9.15 Å². The van der Waals surface area contributed by atoms with Crippen LogP contribution in [0.3, 0.4) is 0 Å². The average Bonchev–Trinajstić information content (AvgIpc) is 3.43. The minimum absolute atomic E-state index is 0.0182. The van der Waals surface area contributed by atoms with Crippen molar-refractivity contribution in [3.63, 3.8) is 0 Å². The Morgan fingerprint density at radius 1 is 1.27 bits per heavy atom. The Morgan fingerprint density at radius 2 is 2.10 bits per heavy atom. The van der Waals surface area contributed by atoms with Gasteiger partial charge in [-0.05, 0) is 45.2 Å². The molecular formula is C23H28N4O3. The smallest absolute Gasteiger partial charge is 0.272 e. The van der Waals surface area contributed by atoms with E-state index < -0.39 is 0 Å². The van der Waals surface area contributed by atoms with Crippen LogP contribution in [0.5, 0.6) is 5.75 Å². The predicted octanol–water partition coefficient (Wildman–Crippen LogP) is 4.42. The topological polar surface area (TPSA) is 73.4 Å². The SMILES string of the molecule is COc1ccccc1Cc1cnc([C@H]2CCCCN2C(=O)c2ccnn2C(C)C)o1. The first-order valence-corrected chi connectivity index (χ1v) is 10.5. The summed E-state index contributed by atoms with van der Waals surface area (Å²) >= 11 is 0. The molecule has 2 aromatic heterocycles. The molecule has 1 fully saturated rings. The van der Waals surface area contributed by atoms with Crippen LogP contribution in [0.15, 0.2) is 47.1 Å². The van der Waals surface area contributed by atoms with Crippen molar-refractivity contribution in [2.24, 2.45) is 0 Å². The second-order valence-electron chi connectivity index (χ2n) is 7.92. The summed E-state index contributed by atoms with van der Waals surface area (Å²) in [5.41, 5.74) is 1.65. The number of nitrogens with zero attached hydrogens (tertiary/aromatic N) is 4. The fraction of sp³-hybridized carbons (Fsp3) is 0.435. The molecule has 0 bridgehead atoms. The Bertz CT molecular complexity index is 1010. The van der Waals surface area contributed by atoms with Gasteiger partial charge in [0.2, 0.25) is 5.89 Å². The molecule has 1 aliphatic rings. The van der Waals surface area contributed by atoms with Gasteiger partial charge in [0.25, 0.3) is 5.91 Å². The van der Waals surface area contributed by atoms with Gasteiger partial charge in [0.05, 0.1) is 13.3 Å². The van der Waals surface area contributed by atoms with Gasteiger partial charge in [-0.15, -0.1) is 0 Å². The first-order chi connectivity index (χ1) is 14.6. The van der Waals surface area contributed by atoms with Crippen molar-refractivity contribution in [2.45, 2.75) is 51.6 Å². The monoisotopic (exact) mass is 408 g/mol. The number of rotatable bonds is 6. The van der Waals surface area contributed by atoms with Crippen molar-refractivity contribution in [3.8, 4) is 5.75 Å². The zero-order chi connectivity index (χ0) is 21.1. The summed E-state index contributed by atoms with van der Waals surface area (Å²) in [6, 6.07) is 9.63. The maximum atomic E-state index is 13.3. The Kier molecular flexibility index (Phi) is 5.88. The van der Waals surface area contributed by atoms with E-state index in [-0.39, 0.29) is 18.0 Å². The second-order valence-corrected chi connectivity index (χ2v) is 7.92. The molecule has 1 aromatic carbocycles. The highest BCUT2D eigenvalue weighted by Gasteiger charge is 2.33. The molecule has 0 spiro atoms. The van der Waals surface area contributed by atoms with Gasteiger partial charge in [-0.1, -0.05) is 18.2 Å². The number of hydrogen-bond acceptors (Lipinski definition) is 5. The lowest BCUT2D eigenvalue weighted by Gasteiger charge is -2.34. The van der Waals surface area contributed by atoms with Crippen molar-refractivity contribution in [1.29, 1.82) is 0 Å². The Morgan fingerprint density at radius 3 is 2.90 bits per heavy atom.